The fourth-order valence-corrected chi connectivity index (χ4v) is 1.79. The van der Waals surface area contributed by atoms with Crippen LogP contribution in [0.25, 0.3) is 5.69 Å². The number of aryl methyl sites for hydroxylation is 1. The molecule has 0 unspecified atom stereocenters. The summed E-state index contributed by atoms with van der Waals surface area (Å²) in [5.74, 6) is 0. The van der Waals surface area contributed by atoms with E-state index in [0.717, 1.165) is 18.7 Å². The SMILES string of the molecule is CNCCc1cccc(-n2ccn(C)c2=O)c1. The first-order chi connectivity index (χ1) is 8.22. The Hall–Kier alpha value is -1.81. The van der Waals surface area contributed by atoms with E-state index in [1.165, 1.54) is 5.56 Å². The molecule has 17 heavy (non-hydrogen) atoms. The lowest BCUT2D eigenvalue weighted by Crippen LogP contribution is -2.20. The maximum atomic E-state index is 11.8. The van der Waals surface area contributed by atoms with Crippen molar-refractivity contribution in [2.45, 2.75) is 6.42 Å². The van der Waals surface area contributed by atoms with Crippen LogP contribution in [0, 0.1) is 0 Å². The monoisotopic (exact) mass is 231 g/mol. The van der Waals surface area contributed by atoms with Gasteiger partial charge >= 0.3 is 5.69 Å². The molecule has 0 spiro atoms. The highest BCUT2D eigenvalue weighted by Gasteiger charge is 2.03. The van der Waals surface area contributed by atoms with Crippen molar-refractivity contribution in [3.63, 3.8) is 0 Å². The Balaban J connectivity index is 2.33. The fourth-order valence-electron chi connectivity index (χ4n) is 1.79. The summed E-state index contributed by atoms with van der Waals surface area (Å²) in [7, 11) is 3.69. The minimum absolute atomic E-state index is 0.0178. The normalized spacial score (nSPS) is 10.7. The minimum atomic E-state index is -0.0178. The van der Waals surface area contributed by atoms with Crippen LogP contribution in [-0.2, 0) is 13.5 Å². The average Bonchev–Trinajstić information content (AvgIpc) is 2.68. The Kier molecular flexibility index (Phi) is 3.44. The molecule has 1 aromatic heterocycles. The van der Waals surface area contributed by atoms with Crippen LogP contribution in [0.15, 0.2) is 41.5 Å². The smallest absolute Gasteiger partial charge is 0.319 e. The molecule has 0 saturated heterocycles. The first-order valence-electron chi connectivity index (χ1n) is 5.70. The number of imidazole rings is 1. The summed E-state index contributed by atoms with van der Waals surface area (Å²) in [6.07, 6.45) is 4.52. The average molecular weight is 231 g/mol. The van der Waals surface area contributed by atoms with Crippen molar-refractivity contribution in [3.05, 3.63) is 52.7 Å². The van der Waals surface area contributed by atoms with Gasteiger partial charge in [-0.1, -0.05) is 12.1 Å². The molecule has 0 bridgehead atoms. The van der Waals surface area contributed by atoms with Gasteiger partial charge in [0.25, 0.3) is 0 Å². The summed E-state index contributed by atoms with van der Waals surface area (Å²) in [5.41, 5.74) is 2.13. The number of hydrogen-bond donors (Lipinski definition) is 1. The van der Waals surface area contributed by atoms with Gasteiger partial charge in [-0.15, -0.1) is 0 Å². The van der Waals surface area contributed by atoms with E-state index < -0.39 is 0 Å². The second-order valence-corrected chi connectivity index (χ2v) is 4.09. The van der Waals surface area contributed by atoms with Gasteiger partial charge < -0.3 is 9.88 Å². The minimum Gasteiger partial charge on any atom is -0.319 e. The van der Waals surface area contributed by atoms with Crippen LogP contribution in [0.3, 0.4) is 0 Å². The molecule has 2 aromatic rings. The van der Waals surface area contributed by atoms with E-state index in [0.29, 0.717) is 0 Å². The van der Waals surface area contributed by atoms with Gasteiger partial charge in [0.1, 0.15) is 0 Å². The van der Waals surface area contributed by atoms with Crippen LogP contribution >= 0.6 is 0 Å². The summed E-state index contributed by atoms with van der Waals surface area (Å²) in [5, 5.41) is 3.12. The van der Waals surface area contributed by atoms with Crippen molar-refractivity contribution in [1.29, 1.82) is 0 Å². The summed E-state index contributed by atoms with van der Waals surface area (Å²) in [6.45, 7) is 0.938. The van der Waals surface area contributed by atoms with Crippen LogP contribution in [0.1, 0.15) is 5.56 Å². The molecular weight excluding hydrogens is 214 g/mol. The summed E-state index contributed by atoms with van der Waals surface area (Å²) in [6, 6.07) is 8.07. The van der Waals surface area contributed by atoms with Crippen molar-refractivity contribution < 1.29 is 0 Å². The predicted molar refractivity (Wildman–Crippen MR) is 68.6 cm³/mol. The van der Waals surface area contributed by atoms with Gasteiger partial charge in [0.2, 0.25) is 0 Å². The topological polar surface area (TPSA) is 39.0 Å². The zero-order chi connectivity index (χ0) is 12.3. The van der Waals surface area contributed by atoms with Crippen LogP contribution in [0.4, 0.5) is 0 Å². The molecule has 1 heterocycles. The summed E-state index contributed by atoms with van der Waals surface area (Å²) in [4.78, 5) is 11.8. The second kappa shape index (κ2) is 5.01. The molecular formula is C13H17N3O. The van der Waals surface area contributed by atoms with Crippen LogP contribution < -0.4 is 11.0 Å². The van der Waals surface area contributed by atoms with Crippen molar-refractivity contribution >= 4 is 0 Å². The highest BCUT2D eigenvalue weighted by Crippen LogP contribution is 2.09. The van der Waals surface area contributed by atoms with Gasteiger partial charge in [-0.3, -0.25) is 4.57 Å². The molecule has 90 valence electrons. The maximum absolute atomic E-state index is 11.8. The van der Waals surface area contributed by atoms with Gasteiger partial charge in [-0.05, 0) is 37.7 Å². The second-order valence-electron chi connectivity index (χ2n) is 4.09. The molecule has 4 nitrogen and oxygen atoms in total. The van der Waals surface area contributed by atoms with Gasteiger partial charge in [0.15, 0.2) is 0 Å². The Bertz CT molecular complexity index is 554. The Morgan fingerprint density at radius 1 is 1.29 bits per heavy atom. The standard InChI is InChI=1S/C13H17N3O/c1-14-7-6-11-4-3-5-12(10-11)16-9-8-15(2)13(16)17/h3-5,8-10,14H,6-7H2,1-2H3. The molecule has 0 radical (unpaired) electrons. The van der Waals surface area contributed by atoms with Gasteiger partial charge in [0.05, 0.1) is 5.69 Å². The van der Waals surface area contributed by atoms with Crippen molar-refractivity contribution in [2.24, 2.45) is 7.05 Å². The lowest BCUT2D eigenvalue weighted by atomic mass is 10.1. The molecule has 0 amide bonds. The number of nitrogens with one attached hydrogen (secondary N) is 1. The van der Waals surface area contributed by atoms with E-state index in [2.05, 4.69) is 17.4 Å². The number of likely N-dealkylation sites (N-methyl/N-ethyl adjacent to an activating group) is 1. The number of hydrogen-bond acceptors (Lipinski definition) is 2. The van der Waals surface area contributed by atoms with E-state index in [1.54, 1.807) is 28.6 Å². The van der Waals surface area contributed by atoms with Crippen molar-refractivity contribution in [1.82, 2.24) is 14.5 Å². The van der Waals surface area contributed by atoms with E-state index in [1.807, 2.05) is 19.2 Å². The van der Waals surface area contributed by atoms with Crippen LogP contribution in [0.2, 0.25) is 0 Å². The zero-order valence-electron chi connectivity index (χ0n) is 10.2. The molecule has 1 aromatic carbocycles. The number of nitrogens with zero attached hydrogens (tertiary/aromatic N) is 2. The third kappa shape index (κ3) is 2.47. The van der Waals surface area contributed by atoms with E-state index in [4.69, 9.17) is 0 Å². The first-order valence-corrected chi connectivity index (χ1v) is 5.70. The molecule has 4 heteroatoms. The third-order valence-electron chi connectivity index (χ3n) is 2.80. The summed E-state index contributed by atoms with van der Waals surface area (Å²) < 4.78 is 3.23. The molecule has 0 saturated carbocycles. The fraction of sp³-hybridized carbons (Fsp3) is 0.308. The Labute approximate surface area is 101 Å². The first kappa shape index (κ1) is 11.7. The van der Waals surface area contributed by atoms with Gasteiger partial charge in [-0.2, -0.15) is 0 Å². The highest BCUT2D eigenvalue weighted by molar-refractivity contribution is 5.36. The lowest BCUT2D eigenvalue weighted by Gasteiger charge is -2.05. The van der Waals surface area contributed by atoms with Crippen LogP contribution in [-0.4, -0.2) is 22.7 Å². The molecule has 1 N–H and O–H groups in total. The number of benzene rings is 1. The molecule has 0 fully saturated rings. The van der Waals surface area contributed by atoms with Crippen LogP contribution in [0.5, 0.6) is 0 Å². The molecule has 0 aliphatic rings. The Morgan fingerprint density at radius 2 is 2.12 bits per heavy atom. The molecule has 0 aliphatic carbocycles. The number of rotatable bonds is 4. The largest absolute Gasteiger partial charge is 0.332 e. The van der Waals surface area contributed by atoms with E-state index >= 15 is 0 Å². The van der Waals surface area contributed by atoms with Gasteiger partial charge in [-0.25, -0.2) is 4.79 Å². The molecule has 0 atom stereocenters. The zero-order valence-corrected chi connectivity index (χ0v) is 10.2. The highest BCUT2D eigenvalue weighted by atomic mass is 16.1. The van der Waals surface area contributed by atoms with Crippen molar-refractivity contribution in [2.75, 3.05) is 13.6 Å². The van der Waals surface area contributed by atoms with Crippen molar-refractivity contribution in [3.8, 4) is 5.69 Å². The number of aromatic nitrogens is 2. The Morgan fingerprint density at radius 3 is 2.76 bits per heavy atom. The van der Waals surface area contributed by atoms with E-state index in [9.17, 15) is 4.79 Å². The van der Waals surface area contributed by atoms with Gasteiger partial charge in [0, 0.05) is 19.4 Å². The third-order valence-corrected chi connectivity index (χ3v) is 2.80. The van der Waals surface area contributed by atoms with E-state index in [-0.39, 0.29) is 5.69 Å². The molecule has 2 rings (SSSR count). The summed E-state index contributed by atoms with van der Waals surface area (Å²) >= 11 is 0. The maximum Gasteiger partial charge on any atom is 0.332 e. The lowest BCUT2D eigenvalue weighted by molar-refractivity contribution is 0.789. The molecule has 0 aliphatic heterocycles. The predicted octanol–water partition coefficient (Wildman–Crippen LogP) is 0.938. The quantitative estimate of drug-likeness (QED) is 0.850.